The zero-order valence-electron chi connectivity index (χ0n) is 11.8. The summed E-state index contributed by atoms with van der Waals surface area (Å²) in [5.74, 6) is 1.52. The van der Waals surface area contributed by atoms with E-state index in [0.717, 1.165) is 23.4 Å². The predicted octanol–water partition coefficient (Wildman–Crippen LogP) is 2.29. The van der Waals surface area contributed by atoms with Crippen molar-refractivity contribution in [2.24, 2.45) is 5.73 Å². The molecule has 0 aliphatic carbocycles. The van der Waals surface area contributed by atoms with Gasteiger partial charge in [-0.1, -0.05) is 23.4 Å². The van der Waals surface area contributed by atoms with Crippen LogP contribution in [0.1, 0.15) is 23.9 Å². The maximum Gasteiger partial charge on any atom is 0.162 e. The van der Waals surface area contributed by atoms with Gasteiger partial charge in [-0.3, -0.25) is 0 Å². The number of hydrogen-bond acceptors (Lipinski definition) is 5. The molecule has 0 aliphatic rings. The molecule has 108 valence electrons. The van der Waals surface area contributed by atoms with E-state index in [1.54, 1.807) is 7.11 Å². The van der Waals surface area contributed by atoms with Gasteiger partial charge in [0.25, 0.3) is 0 Å². The van der Waals surface area contributed by atoms with Gasteiger partial charge in [-0.15, -0.1) is 0 Å². The minimum Gasteiger partial charge on any atom is -0.487 e. The molecule has 0 fully saturated rings. The van der Waals surface area contributed by atoms with Crippen LogP contribution in [-0.2, 0) is 24.4 Å². The second-order valence-corrected chi connectivity index (χ2v) is 4.80. The zero-order valence-corrected chi connectivity index (χ0v) is 11.8. The molecule has 5 nitrogen and oxygen atoms in total. The molecule has 0 bridgehead atoms. The van der Waals surface area contributed by atoms with Crippen molar-refractivity contribution in [3.05, 3.63) is 47.3 Å². The Morgan fingerprint density at radius 1 is 1.30 bits per heavy atom. The Hall–Kier alpha value is -1.85. The second kappa shape index (κ2) is 7.07. The highest BCUT2D eigenvalue weighted by molar-refractivity contribution is 5.34. The highest BCUT2D eigenvalue weighted by atomic mass is 16.5. The topological polar surface area (TPSA) is 70.5 Å². The lowest BCUT2D eigenvalue weighted by atomic mass is 10.1. The van der Waals surface area contributed by atoms with Crippen molar-refractivity contribution < 1.29 is 14.0 Å². The van der Waals surface area contributed by atoms with Gasteiger partial charge in [0, 0.05) is 19.2 Å². The lowest BCUT2D eigenvalue weighted by molar-refractivity contribution is 0.155. The van der Waals surface area contributed by atoms with Crippen LogP contribution in [0.25, 0.3) is 0 Å². The molecule has 1 unspecified atom stereocenters. The molecule has 20 heavy (non-hydrogen) atoms. The van der Waals surface area contributed by atoms with Gasteiger partial charge in [-0.05, 0) is 25.0 Å². The van der Waals surface area contributed by atoms with Crippen molar-refractivity contribution in [2.75, 3.05) is 7.11 Å². The number of ether oxygens (including phenoxy) is 2. The first-order chi connectivity index (χ1) is 9.69. The maximum absolute atomic E-state index is 5.84. The number of aromatic nitrogens is 1. The number of nitrogens with two attached hydrogens (primary N) is 1. The highest BCUT2D eigenvalue weighted by Crippen LogP contribution is 2.20. The normalized spacial score (nSPS) is 12.3. The van der Waals surface area contributed by atoms with Crippen molar-refractivity contribution >= 4 is 0 Å². The van der Waals surface area contributed by atoms with Gasteiger partial charge in [0.15, 0.2) is 5.76 Å². The Morgan fingerprint density at radius 2 is 2.10 bits per heavy atom. The van der Waals surface area contributed by atoms with Gasteiger partial charge in [-0.2, -0.15) is 0 Å². The van der Waals surface area contributed by atoms with Crippen LogP contribution < -0.4 is 10.5 Å². The van der Waals surface area contributed by atoms with Crippen LogP contribution in [0, 0.1) is 0 Å². The predicted molar refractivity (Wildman–Crippen MR) is 75.3 cm³/mol. The first kappa shape index (κ1) is 14.6. The molecular weight excluding hydrogens is 256 g/mol. The molecule has 0 aliphatic heterocycles. The zero-order chi connectivity index (χ0) is 14.4. The minimum atomic E-state index is 0.0973. The largest absolute Gasteiger partial charge is 0.487 e. The lowest BCUT2D eigenvalue weighted by Gasteiger charge is -2.11. The van der Waals surface area contributed by atoms with Crippen LogP contribution in [0.2, 0.25) is 0 Å². The molecule has 0 spiro atoms. The smallest absolute Gasteiger partial charge is 0.162 e. The molecule has 1 aromatic heterocycles. The van der Waals surface area contributed by atoms with Crippen molar-refractivity contribution in [3.8, 4) is 5.75 Å². The van der Waals surface area contributed by atoms with Gasteiger partial charge in [0.05, 0.1) is 0 Å². The molecule has 5 heteroatoms. The number of benzene rings is 1. The van der Waals surface area contributed by atoms with E-state index in [-0.39, 0.29) is 6.04 Å². The third-order valence-electron chi connectivity index (χ3n) is 2.78. The van der Waals surface area contributed by atoms with E-state index in [4.69, 9.17) is 19.7 Å². The second-order valence-electron chi connectivity index (χ2n) is 4.80. The fraction of sp³-hybridized carbons (Fsp3) is 0.400. The molecule has 0 amide bonds. The molecule has 1 atom stereocenters. The Bertz CT molecular complexity index is 537. The van der Waals surface area contributed by atoms with Crippen LogP contribution in [0.3, 0.4) is 0 Å². The Labute approximate surface area is 118 Å². The van der Waals surface area contributed by atoms with Crippen LogP contribution >= 0.6 is 0 Å². The Kier molecular flexibility index (Phi) is 5.15. The van der Waals surface area contributed by atoms with Gasteiger partial charge in [0.1, 0.15) is 24.7 Å². The van der Waals surface area contributed by atoms with E-state index in [1.165, 1.54) is 0 Å². The van der Waals surface area contributed by atoms with Gasteiger partial charge >= 0.3 is 0 Å². The lowest BCUT2D eigenvalue weighted by Crippen LogP contribution is -2.18. The number of nitrogens with zero attached hydrogens (tertiary/aromatic N) is 1. The molecule has 1 aromatic carbocycles. The number of methoxy groups -OCH3 is 1. The van der Waals surface area contributed by atoms with E-state index in [2.05, 4.69) is 5.16 Å². The van der Waals surface area contributed by atoms with Crippen LogP contribution in [0.5, 0.6) is 5.75 Å². The van der Waals surface area contributed by atoms with Gasteiger partial charge in [-0.25, -0.2) is 0 Å². The van der Waals surface area contributed by atoms with Crippen molar-refractivity contribution in [2.45, 2.75) is 32.6 Å². The number of hydrogen-bond donors (Lipinski definition) is 1. The van der Waals surface area contributed by atoms with E-state index >= 15 is 0 Å². The molecule has 2 aromatic rings. The Balaban J connectivity index is 1.99. The molecule has 2 N–H and O–H groups in total. The van der Waals surface area contributed by atoms with Crippen molar-refractivity contribution in [1.29, 1.82) is 0 Å². The van der Waals surface area contributed by atoms with Crippen molar-refractivity contribution in [1.82, 2.24) is 5.16 Å². The first-order valence-corrected chi connectivity index (χ1v) is 6.58. The van der Waals surface area contributed by atoms with Gasteiger partial charge < -0.3 is 19.7 Å². The fourth-order valence-electron chi connectivity index (χ4n) is 1.95. The standard InChI is InChI=1S/C15H20N2O3/c1-11(16)7-12-5-3-4-6-15(12)19-9-13-8-14(10-18-2)20-17-13/h3-6,8,11H,7,9-10,16H2,1-2H3. The van der Waals surface area contributed by atoms with Crippen molar-refractivity contribution in [3.63, 3.8) is 0 Å². The van der Waals surface area contributed by atoms with Crippen LogP contribution in [0.15, 0.2) is 34.9 Å². The fourth-order valence-corrected chi connectivity index (χ4v) is 1.95. The summed E-state index contributed by atoms with van der Waals surface area (Å²) in [5, 5.41) is 3.94. The monoisotopic (exact) mass is 276 g/mol. The van der Waals surface area contributed by atoms with Crippen LogP contribution in [-0.4, -0.2) is 18.3 Å². The third kappa shape index (κ3) is 4.08. The summed E-state index contributed by atoms with van der Waals surface area (Å²) in [6.45, 7) is 2.75. The summed E-state index contributed by atoms with van der Waals surface area (Å²) in [5.41, 5.74) is 7.68. The molecule has 0 saturated heterocycles. The third-order valence-corrected chi connectivity index (χ3v) is 2.78. The first-order valence-electron chi connectivity index (χ1n) is 6.58. The average molecular weight is 276 g/mol. The maximum atomic E-state index is 5.84. The number of para-hydroxylation sites is 1. The van der Waals surface area contributed by atoms with Gasteiger partial charge in [0.2, 0.25) is 0 Å². The summed E-state index contributed by atoms with van der Waals surface area (Å²) in [4.78, 5) is 0. The summed E-state index contributed by atoms with van der Waals surface area (Å²) in [7, 11) is 1.61. The summed E-state index contributed by atoms with van der Waals surface area (Å²) in [6.07, 6.45) is 0.782. The summed E-state index contributed by atoms with van der Waals surface area (Å²) < 4.78 is 15.9. The van der Waals surface area contributed by atoms with E-state index < -0.39 is 0 Å². The van der Waals surface area contributed by atoms with Crippen LogP contribution in [0.4, 0.5) is 0 Å². The molecule has 1 heterocycles. The average Bonchev–Trinajstić information content (AvgIpc) is 2.85. The molecule has 2 rings (SSSR count). The summed E-state index contributed by atoms with van der Waals surface area (Å²) >= 11 is 0. The Morgan fingerprint density at radius 3 is 2.85 bits per heavy atom. The quantitative estimate of drug-likeness (QED) is 0.840. The highest BCUT2D eigenvalue weighted by Gasteiger charge is 2.08. The van der Waals surface area contributed by atoms with E-state index in [1.807, 2.05) is 37.3 Å². The molecular formula is C15H20N2O3. The SMILES string of the molecule is COCc1cc(COc2ccccc2CC(C)N)no1. The summed E-state index contributed by atoms with van der Waals surface area (Å²) in [6, 6.07) is 9.82. The molecule has 0 saturated carbocycles. The minimum absolute atomic E-state index is 0.0973. The number of rotatable bonds is 7. The molecule has 0 radical (unpaired) electrons. The van der Waals surface area contributed by atoms with E-state index in [9.17, 15) is 0 Å². The van der Waals surface area contributed by atoms with E-state index in [0.29, 0.717) is 19.0 Å².